The van der Waals surface area contributed by atoms with Crippen molar-refractivity contribution in [2.75, 3.05) is 19.7 Å². The third-order valence-corrected chi connectivity index (χ3v) is 5.90. The van der Waals surface area contributed by atoms with Crippen LogP contribution in [0.5, 0.6) is 0 Å². The molecule has 25 heavy (non-hydrogen) atoms. The Morgan fingerprint density at radius 3 is 2.68 bits per heavy atom. The van der Waals surface area contributed by atoms with Crippen LogP contribution in [0.1, 0.15) is 76.5 Å². The zero-order chi connectivity index (χ0) is 18.0. The highest BCUT2D eigenvalue weighted by atomic mass is 16.3. The number of aromatic nitrogens is 3. The van der Waals surface area contributed by atoms with Gasteiger partial charge in [-0.15, -0.1) is 0 Å². The van der Waals surface area contributed by atoms with E-state index < -0.39 is 0 Å². The molecule has 1 aromatic heterocycles. The highest BCUT2D eigenvalue weighted by molar-refractivity contribution is 5.74. The van der Waals surface area contributed by atoms with Crippen LogP contribution in [0.2, 0.25) is 0 Å². The van der Waals surface area contributed by atoms with Crippen molar-refractivity contribution >= 4 is 6.03 Å². The lowest BCUT2D eigenvalue weighted by Gasteiger charge is -2.40. The summed E-state index contributed by atoms with van der Waals surface area (Å²) in [7, 11) is 0. The quantitative estimate of drug-likeness (QED) is 0.874. The summed E-state index contributed by atoms with van der Waals surface area (Å²) in [5, 5.41) is 17.4. The first kappa shape index (κ1) is 18.2. The molecule has 0 saturated carbocycles. The van der Waals surface area contributed by atoms with E-state index in [4.69, 9.17) is 0 Å². The number of aryl methyl sites for hydroxylation is 1. The van der Waals surface area contributed by atoms with Crippen LogP contribution < -0.4 is 5.32 Å². The molecular formula is C18H31N5O2. The van der Waals surface area contributed by atoms with Gasteiger partial charge in [0, 0.05) is 32.2 Å². The van der Waals surface area contributed by atoms with Gasteiger partial charge in [0.2, 0.25) is 0 Å². The largest absolute Gasteiger partial charge is 0.396 e. The molecule has 3 rings (SSSR count). The number of aliphatic hydroxyl groups excluding tert-OH is 1. The van der Waals surface area contributed by atoms with E-state index in [2.05, 4.69) is 36.2 Å². The van der Waals surface area contributed by atoms with Crippen molar-refractivity contribution in [3.05, 3.63) is 11.6 Å². The SMILES string of the molecule is CCC1(CO)CCN(C(=O)NC2CCCn3nc(C(C)C)nc32)CC1. The van der Waals surface area contributed by atoms with Crippen molar-refractivity contribution in [2.24, 2.45) is 5.41 Å². The minimum Gasteiger partial charge on any atom is -0.396 e. The Labute approximate surface area is 149 Å². The van der Waals surface area contributed by atoms with Gasteiger partial charge in [-0.05, 0) is 37.5 Å². The van der Waals surface area contributed by atoms with E-state index in [9.17, 15) is 9.90 Å². The minimum absolute atomic E-state index is 0.00599. The fourth-order valence-corrected chi connectivity index (χ4v) is 3.80. The minimum atomic E-state index is -0.0584. The maximum Gasteiger partial charge on any atom is 0.317 e. The Morgan fingerprint density at radius 2 is 2.08 bits per heavy atom. The second kappa shape index (κ2) is 7.32. The Kier molecular flexibility index (Phi) is 5.32. The number of piperidine rings is 1. The van der Waals surface area contributed by atoms with Crippen LogP contribution in [0, 0.1) is 5.41 Å². The van der Waals surface area contributed by atoms with Gasteiger partial charge in [0.1, 0.15) is 5.82 Å². The highest BCUT2D eigenvalue weighted by Gasteiger charge is 2.35. The average Bonchev–Trinajstić information content (AvgIpc) is 3.07. The number of hydrogen-bond donors (Lipinski definition) is 2. The van der Waals surface area contributed by atoms with Crippen LogP contribution >= 0.6 is 0 Å². The number of nitrogens with one attached hydrogen (secondary N) is 1. The third-order valence-electron chi connectivity index (χ3n) is 5.90. The first-order valence-corrected chi connectivity index (χ1v) is 9.59. The second-order valence-corrected chi connectivity index (χ2v) is 7.85. The molecule has 1 unspecified atom stereocenters. The summed E-state index contributed by atoms with van der Waals surface area (Å²) in [5.41, 5.74) is -0.00599. The Morgan fingerprint density at radius 1 is 1.36 bits per heavy atom. The fraction of sp³-hybridized carbons (Fsp3) is 0.833. The normalized spacial score (nSPS) is 22.8. The highest BCUT2D eigenvalue weighted by Crippen LogP contribution is 2.34. The van der Waals surface area contributed by atoms with Crippen molar-refractivity contribution in [3.63, 3.8) is 0 Å². The summed E-state index contributed by atoms with van der Waals surface area (Å²) in [6.07, 6.45) is 4.61. The number of nitrogens with zero attached hydrogens (tertiary/aromatic N) is 4. The van der Waals surface area contributed by atoms with Gasteiger partial charge in [-0.25, -0.2) is 14.5 Å². The lowest BCUT2D eigenvalue weighted by molar-refractivity contribution is 0.0512. The topological polar surface area (TPSA) is 83.3 Å². The van der Waals surface area contributed by atoms with E-state index >= 15 is 0 Å². The summed E-state index contributed by atoms with van der Waals surface area (Å²) in [4.78, 5) is 19.2. The maximum absolute atomic E-state index is 12.7. The van der Waals surface area contributed by atoms with Crippen LogP contribution in [-0.2, 0) is 6.54 Å². The zero-order valence-electron chi connectivity index (χ0n) is 15.7. The van der Waals surface area contributed by atoms with Crippen molar-refractivity contribution in [3.8, 4) is 0 Å². The van der Waals surface area contributed by atoms with Gasteiger partial charge in [-0.3, -0.25) is 0 Å². The number of rotatable bonds is 4. The van der Waals surface area contributed by atoms with E-state index in [1.165, 1.54) is 0 Å². The average molecular weight is 349 g/mol. The van der Waals surface area contributed by atoms with Gasteiger partial charge in [0.05, 0.1) is 6.04 Å². The van der Waals surface area contributed by atoms with Crippen LogP contribution in [0.15, 0.2) is 0 Å². The van der Waals surface area contributed by atoms with Crippen molar-refractivity contribution in [1.29, 1.82) is 0 Å². The van der Waals surface area contributed by atoms with Crippen molar-refractivity contribution in [1.82, 2.24) is 25.0 Å². The smallest absolute Gasteiger partial charge is 0.317 e. The third kappa shape index (κ3) is 3.66. The van der Waals surface area contributed by atoms with Crippen LogP contribution in [-0.4, -0.2) is 50.5 Å². The van der Waals surface area contributed by atoms with Gasteiger partial charge in [-0.1, -0.05) is 20.8 Å². The van der Waals surface area contributed by atoms with Crippen LogP contribution in [0.25, 0.3) is 0 Å². The van der Waals surface area contributed by atoms with Gasteiger partial charge >= 0.3 is 6.03 Å². The van der Waals surface area contributed by atoms with E-state index in [1.54, 1.807) is 0 Å². The van der Waals surface area contributed by atoms with Crippen LogP contribution in [0.4, 0.5) is 4.79 Å². The molecule has 7 nitrogen and oxygen atoms in total. The molecular weight excluding hydrogens is 318 g/mol. The summed E-state index contributed by atoms with van der Waals surface area (Å²) in [5.74, 6) is 2.03. The molecule has 0 spiro atoms. The molecule has 2 N–H and O–H groups in total. The number of carbonyl (C=O) groups is 1. The number of likely N-dealkylation sites (tertiary alicyclic amines) is 1. The zero-order valence-corrected chi connectivity index (χ0v) is 15.7. The van der Waals surface area contributed by atoms with E-state index in [-0.39, 0.29) is 30.0 Å². The molecule has 1 atom stereocenters. The fourth-order valence-electron chi connectivity index (χ4n) is 3.80. The van der Waals surface area contributed by atoms with E-state index in [1.807, 2.05) is 9.58 Å². The Balaban J connectivity index is 1.63. The summed E-state index contributed by atoms with van der Waals surface area (Å²) < 4.78 is 1.95. The number of carbonyl (C=O) groups excluding carboxylic acids is 1. The maximum atomic E-state index is 12.7. The van der Waals surface area contributed by atoms with Gasteiger partial charge in [0.15, 0.2) is 5.82 Å². The molecule has 2 aliphatic heterocycles. The number of urea groups is 1. The Hall–Kier alpha value is -1.63. The van der Waals surface area contributed by atoms with Crippen molar-refractivity contribution in [2.45, 2.75) is 71.4 Å². The second-order valence-electron chi connectivity index (χ2n) is 7.85. The number of amides is 2. The summed E-state index contributed by atoms with van der Waals surface area (Å²) >= 11 is 0. The monoisotopic (exact) mass is 349 g/mol. The van der Waals surface area contributed by atoms with Crippen LogP contribution in [0.3, 0.4) is 0 Å². The van der Waals surface area contributed by atoms with Gasteiger partial charge in [0.25, 0.3) is 0 Å². The first-order chi connectivity index (χ1) is 12.0. The predicted octanol–water partition coefficient (Wildman–Crippen LogP) is 2.43. The molecule has 2 amide bonds. The Bertz CT molecular complexity index is 599. The summed E-state index contributed by atoms with van der Waals surface area (Å²) in [6, 6.07) is -0.0767. The lowest BCUT2D eigenvalue weighted by atomic mass is 9.77. The molecule has 0 bridgehead atoms. The molecule has 7 heteroatoms. The lowest BCUT2D eigenvalue weighted by Crippen LogP contribution is -2.49. The molecule has 1 fully saturated rings. The standard InChI is InChI=1S/C18H31N5O2/c1-4-18(12-24)7-10-22(11-8-18)17(25)19-14-6-5-9-23-16(14)20-15(21-23)13(2)3/h13-14,24H,4-12H2,1-3H3,(H,19,25). The molecule has 2 aliphatic rings. The number of hydrogen-bond acceptors (Lipinski definition) is 4. The molecule has 0 radical (unpaired) electrons. The van der Waals surface area contributed by atoms with Gasteiger partial charge < -0.3 is 15.3 Å². The number of aliphatic hydroxyl groups is 1. The van der Waals surface area contributed by atoms with Gasteiger partial charge in [-0.2, -0.15) is 5.10 Å². The van der Waals surface area contributed by atoms with Crippen molar-refractivity contribution < 1.29 is 9.90 Å². The molecule has 3 heterocycles. The first-order valence-electron chi connectivity index (χ1n) is 9.59. The molecule has 140 valence electrons. The molecule has 1 aromatic rings. The number of fused-ring (bicyclic) bond motifs is 1. The van der Waals surface area contributed by atoms with E-state index in [0.717, 1.165) is 50.3 Å². The predicted molar refractivity (Wildman–Crippen MR) is 95.2 cm³/mol. The van der Waals surface area contributed by atoms with E-state index in [0.29, 0.717) is 13.1 Å². The summed E-state index contributed by atoms with van der Waals surface area (Å²) in [6.45, 7) is 8.79. The molecule has 0 aromatic carbocycles. The molecule has 0 aliphatic carbocycles. The molecule has 1 saturated heterocycles.